The van der Waals surface area contributed by atoms with Crippen molar-refractivity contribution in [2.75, 3.05) is 5.43 Å². The standard InChI is InChI=1S/C24H19BrN6O/c1-31-20-12-11-18(25)13-19(20)22-23(31)27-24(30-28-22)29-26-14-17-9-5-6-10-21(17)32-15-16-7-3-2-4-8-16/h2-14H,15H2,1H3,(H,27,29,30)/b26-14+. The summed E-state index contributed by atoms with van der Waals surface area (Å²) in [4.78, 5) is 4.59. The molecule has 0 fully saturated rings. The van der Waals surface area contributed by atoms with E-state index in [1.807, 2.05) is 84.4 Å². The lowest BCUT2D eigenvalue weighted by molar-refractivity contribution is 0.306. The van der Waals surface area contributed by atoms with E-state index in [4.69, 9.17) is 4.74 Å². The normalized spacial score (nSPS) is 11.4. The minimum atomic E-state index is 0.321. The van der Waals surface area contributed by atoms with Gasteiger partial charge in [-0.2, -0.15) is 10.1 Å². The van der Waals surface area contributed by atoms with Gasteiger partial charge in [-0.25, -0.2) is 5.43 Å². The first-order valence-corrected chi connectivity index (χ1v) is 10.8. The second-order valence-electron chi connectivity index (χ2n) is 7.21. The second kappa shape index (κ2) is 8.76. The summed E-state index contributed by atoms with van der Waals surface area (Å²) in [5, 5.41) is 13.8. The molecule has 0 atom stereocenters. The highest BCUT2D eigenvalue weighted by atomic mass is 79.9. The van der Waals surface area contributed by atoms with Crippen molar-refractivity contribution >= 4 is 50.2 Å². The van der Waals surface area contributed by atoms with E-state index in [9.17, 15) is 0 Å². The molecular weight excluding hydrogens is 468 g/mol. The van der Waals surface area contributed by atoms with Crippen molar-refractivity contribution in [1.29, 1.82) is 0 Å². The van der Waals surface area contributed by atoms with Crippen molar-refractivity contribution in [1.82, 2.24) is 19.7 Å². The first-order valence-electron chi connectivity index (χ1n) is 10.0. The molecule has 0 aliphatic heterocycles. The fourth-order valence-electron chi connectivity index (χ4n) is 3.49. The summed E-state index contributed by atoms with van der Waals surface area (Å²) in [5.74, 6) is 1.07. The summed E-state index contributed by atoms with van der Waals surface area (Å²) >= 11 is 3.51. The molecule has 0 amide bonds. The number of ether oxygens (including phenoxy) is 1. The molecule has 0 saturated heterocycles. The van der Waals surface area contributed by atoms with Crippen LogP contribution in [0.25, 0.3) is 22.1 Å². The van der Waals surface area contributed by atoms with E-state index < -0.39 is 0 Å². The quantitative estimate of drug-likeness (QED) is 0.260. The van der Waals surface area contributed by atoms with Crippen LogP contribution in [-0.4, -0.2) is 26.0 Å². The average molecular weight is 487 g/mol. The maximum Gasteiger partial charge on any atom is 0.265 e. The van der Waals surface area contributed by atoms with Crippen LogP contribution in [0.2, 0.25) is 0 Å². The summed E-state index contributed by atoms with van der Waals surface area (Å²) in [6, 6.07) is 23.8. The van der Waals surface area contributed by atoms with E-state index in [1.54, 1.807) is 6.21 Å². The number of aromatic nitrogens is 4. The largest absolute Gasteiger partial charge is 0.488 e. The highest BCUT2D eigenvalue weighted by molar-refractivity contribution is 9.10. The smallest absolute Gasteiger partial charge is 0.265 e. The summed E-state index contributed by atoms with van der Waals surface area (Å²) < 4.78 is 8.95. The average Bonchev–Trinajstić information content (AvgIpc) is 3.10. The molecule has 0 bridgehead atoms. The third-order valence-corrected chi connectivity index (χ3v) is 5.58. The van der Waals surface area contributed by atoms with Gasteiger partial charge in [-0.3, -0.25) is 0 Å². The van der Waals surface area contributed by atoms with Crippen LogP contribution in [0.4, 0.5) is 5.95 Å². The van der Waals surface area contributed by atoms with Crippen LogP contribution < -0.4 is 10.2 Å². The third-order valence-electron chi connectivity index (χ3n) is 5.09. The number of para-hydroxylation sites is 1. The Hall–Kier alpha value is -3.78. The van der Waals surface area contributed by atoms with Crippen molar-refractivity contribution in [3.05, 3.63) is 88.4 Å². The van der Waals surface area contributed by atoms with Gasteiger partial charge in [-0.1, -0.05) is 58.4 Å². The maximum atomic E-state index is 5.97. The predicted octanol–water partition coefficient (Wildman–Crippen LogP) is 5.30. The third kappa shape index (κ3) is 4.04. The van der Waals surface area contributed by atoms with Gasteiger partial charge in [0.05, 0.1) is 11.7 Å². The lowest BCUT2D eigenvalue weighted by atomic mass is 10.2. The van der Waals surface area contributed by atoms with Gasteiger partial charge in [0.25, 0.3) is 5.95 Å². The molecule has 0 aliphatic carbocycles. The molecule has 7 nitrogen and oxygen atoms in total. The zero-order chi connectivity index (χ0) is 21.9. The zero-order valence-electron chi connectivity index (χ0n) is 17.2. The molecule has 2 aromatic heterocycles. The lowest BCUT2D eigenvalue weighted by Gasteiger charge is -2.08. The van der Waals surface area contributed by atoms with E-state index in [0.717, 1.165) is 43.4 Å². The molecule has 3 aromatic carbocycles. The van der Waals surface area contributed by atoms with Gasteiger partial charge in [0, 0.05) is 22.5 Å². The van der Waals surface area contributed by atoms with Crippen LogP contribution in [0.15, 0.2) is 82.4 Å². The van der Waals surface area contributed by atoms with Crippen LogP contribution in [0.3, 0.4) is 0 Å². The first-order chi connectivity index (χ1) is 15.7. The Balaban J connectivity index is 1.35. The molecule has 0 aliphatic rings. The Morgan fingerprint density at radius 3 is 2.72 bits per heavy atom. The molecule has 32 heavy (non-hydrogen) atoms. The molecule has 2 heterocycles. The molecule has 158 valence electrons. The van der Waals surface area contributed by atoms with Crippen LogP contribution in [0, 0.1) is 0 Å². The molecule has 8 heteroatoms. The van der Waals surface area contributed by atoms with Crippen LogP contribution in [0.1, 0.15) is 11.1 Å². The Morgan fingerprint density at radius 1 is 1.03 bits per heavy atom. The highest BCUT2D eigenvalue weighted by Gasteiger charge is 2.12. The van der Waals surface area contributed by atoms with E-state index in [2.05, 4.69) is 41.6 Å². The summed E-state index contributed by atoms with van der Waals surface area (Å²) in [6.07, 6.45) is 1.69. The topological polar surface area (TPSA) is 77.2 Å². The Bertz CT molecular complexity index is 1430. The Labute approximate surface area is 192 Å². The number of rotatable bonds is 6. The molecule has 0 spiro atoms. The van der Waals surface area contributed by atoms with Gasteiger partial charge in [0.15, 0.2) is 5.65 Å². The SMILES string of the molecule is Cn1c2ccc(Br)cc2c2nnc(N/N=C/c3ccccc3OCc3ccccc3)nc21. The van der Waals surface area contributed by atoms with Crippen molar-refractivity contribution in [3.63, 3.8) is 0 Å². The molecule has 5 aromatic rings. The molecule has 0 saturated carbocycles. The maximum absolute atomic E-state index is 5.97. The van der Waals surface area contributed by atoms with Gasteiger partial charge >= 0.3 is 0 Å². The van der Waals surface area contributed by atoms with E-state index >= 15 is 0 Å². The molecule has 0 radical (unpaired) electrons. The van der Waals surface area contributed by atoms with Crippen LogP contribution in [-0.2, 0) is 13.7 Å². The second-order valence-corrected chi connectivity index (χ2v) is 8.13. The lowest BCUT2D eigenvalue weighted by Crippen LogP contribution is -2.02. The molecule has 0 unspecified atom stereocenters. The minimum Gasteiger partial charge on any atom is -0.488 e. The number of nitrogens with zero attached hydrogens (tertiary/aromatic N) is 5. The predicted molar refractivity (Wildman–Crippen MR) is 130 cm³/mol. The van der Waals surface area contributed by atoms with Crippen LogP contribution >= 0.6 is 15.9 Å². The van der Waals surface area contributed by atoms with Crippen molar-refractivity contribution in [2.24, 2.45) is 12.1 Å². The van der Waals surface area contributed by atoms with Crippen molar-refractivity contribution in [3.8, 4) is 5.75 Å². The molecule has 1 N–H and O–H groups in total. The van der Waals surface area contributed by atoms with Crippen molar-refractivity contribution < 1.29 is 4.74 Å². The van der Waals surface area contributed by atoms with Crippen LogP contribution in [0.5, 0.6) is 5.75 Å². The van der Waals surface area contributed by atoms with E-state index in [0.29, 0.717) is 12.6 Å². The van der Waals surface area contributed by atoms with E-state index in [1.165, 1.54) is 0 Å². The highest BCUT2D eigenvalue weighted by Crippen LogP contribution is 2.28. The first kappa shape index (κ1) is 20.1. The number of hydrogen-bond acceptors (Lipinski definition) is 6. The van der Waals surface area contributed by atoms with Gasteiger partial charge in [-0.15, -0.1) is 10.2 Å². The monoisotopic (exact) mass is 486 g/mol. The number of hydrogen-bond donors (Lipinski definition) is 1. The number of nitrogens with one attached hydrogen (secondary N) is 1. The Kier molecular flexibility index (Phi) is 5.51. The number of anilines is 1. The Morgan fingerprint density at radius 2 is 1.84 bits per heavy atom. The van der Waals surface area contributed by atoms with Gasteiger partial charge < -0.3 is 9.30 Å². The van der Waals surface area contributed by atoms with Crippen molar-refractivity contribution in [2.45, 2.75) is 6.61 Å². The van der Waals surface area contributed by atoms with E-state index in [-0.39, 0.29) is 0 Å². The molecular formula is C24H19BrN6O. The number of aryl methyl sites for hydroxylation is 1. The minimum absolute atomic E-state index is 0.321. The van der Waals surface area contributed by atoms with Gasteiger partial charge in [0.2, 0.25) is 0 Å². The summed E-state index contributed by atoms with van der Waals surface area (Å²) in [5.41, 5.74) is 7.35. The zero-order valence-corrected chi connectivity index (χ0v) is 18.8. The number of halogens is 1. The number of fused-ring (bicyclic) bond motifs is 3. The van der Waals surface area contributed by atoms with Gasteiger partial charge in [0.1, 0.15) is 17.9 Å². The summed E-state index contributed by atoms with van der Waals surface area (Å²) in [6.45, 7) is 0.486. The van der Waals surface area contributed by atoms with Gasteiger partial charge in [-0.05, 0) is 35.9 Å². The number of hydrazone groups is 1. The fourth-order valence-corrected chi connectivity index (χ4v) is 3.85. The molecule has 5 rings (SSSR count). The fraction of sp³-hybridized carbons (Fsp3) is 0.0833. The summed E-state index contributed by atoms with van der Waals surface area (Å²) in [7, 11) is 1.96. The number of benzene rings is 3.